The van der Waals surface area contributed by atoms with E-state index in [1.807, 2.05) is 0 Å². The van der Waals surface area contributed by atoms with Crippen LogP contribution >= 0.6 is 11.6 Å². The largest absolute Gasteiger partial charge is 0.388 e. The number of halogens is 4. The molecule has 0 aliphatic rings. The Bertz CT molecular complexity index is 581. The summed E-state index contributed by atoms with van der Waals surface area (Å²) in [5.41, 5.74) is -0.153. The lowest BCUT2D eigenvalue weighted by Crippen LogP contribution is -2.06. The van der Waals surface area contributed by atoms with Crippen molar-refractivity contribution in [2.75, 3.05) is 0 Å². The quantitative estimate of drug-likeness (QED) is 0.903. The van der Waals surface area contributed by atoms with Crippen molar-refractivity contribution in [2.24, 2.45) is 0 Å². The van der Waals surface area contributed by atoms with Gasteiger partial charge in [0.25, 0.3) is 0 Å². The van der Waals surface area contributed by atoms with Crippen molar-refractivity contribution < 1.29 is 18.3 Å². The zero-order chi connectivity index (χ0) is 14.0. The molecule has 0 radical (unpaired) electrons. The number of hydrogen-bond acceptors (Lipinski definition) is 1. The van der Waals surface area contributed by atoms with Crippen molar-refractivity contribution >= 4 is 11.6 Å². The molecular weight excluding hydrogens is 277 g/mol. The van der Waals surface area contributed by atoms with E-state index in [0.717, 1.165) is 24.3 Å². The van der Waals surface area contributed by atoms with Crippen LogP contribution in [0.5, 0.6) is 0 Å². The number of aliphatic hydroxyl groups excluding tert-OH is 1. The van der Waals surface area contributed by atoms with Crippen LogP contribution in [-0.4, -0.2) is 5.11 Å². The van der Waals surface area contributed by atoms with Crippen LogP contribution in [-0.2, 0) is 6.42 Å². The van der Waals surface area contributed by atoms with Crippen LogP contribution in [0.4, 0.5) is 13.2 Å². The van der Waals surface area contributed by atoms with Gasteiger partial charge in [-0.15, -0.1) is 0 Å². The van der Waals surface area contributed by atoms with Gasteiger partial charge in [0.1, 0.15) is 17.5 Å². The second-order valence-corrected chi connectivity index (χ2v) is 4.49. The molecule has 2 aromatic carbocycles. The fourth-order valence-electron chi connectivity index (χ4n) is 1.80. The molecule has 0 aliphatic heterocycles. The Labute approximate surface area is 113 Å². The minimum atomic E-state index is -1.28. The fourth-order valence-corrected chi connectivity index (χ4v) is 2.04. The van der Waals surface area contributed by atoms with Crippen LogP contribution in [0.3, 0.4) is 0 Å². The maximum Gasteiger partial charge on any atom is 0.129 e. The molecule has 19 heavy (non-hydrogen) atoms. The van der Waals surface area contributed by atoms with Gasteiger partial charge < -0.3 is 5.11 Å². The van der Waals surface area contributed by atoms with E-state index in [-0.39, 0.29) is 22.6 Å². The average Bonchev–Trinajstić information content (AvgIpc) is 2.37. The molecule has 2 rings (SSSR count). The van der Waals surface area contributed by atoms with Gasteiger partial charge in [0, 0.05) is 22.6 Å². The summed E-state index contributed by atoms with van der Waals surface area (Å²) in [6.45, 7) is 0. The lowest BCUT2D eigenvalue weighted by molar-refractivity contribution is 0.175. The molecule has 1 unspecified atom stereocenters. The smallest absolute Gasteiger partial charge is 0.129 e. The van der Waals surface area contributed by atoms with Crippen LogP contribution in [0, 0.1) is 17.5 Å². The van der Waals surface area contributed by atoms with Gasteiger partial charge in [-0.2, -0.15) is 0 Å². The van der Waals surface area contributed by atoms with Crippen molar-refractivity contribution in [1.29, 1.82) is 0 Å². The summed E-state index contributed by atoms with van der Waals surface area (Å²) >= 11 is 5.82. The zero-order valence-electron chi connectivity index (χ0n) is 9.71. The third-order valence-corrected chi connectivity index (χ3v) is 3.12. The molecule has 1 N–H and O–H groups in total. The Morgan fingerprint density at radius 2 is 1.68 bits per heavy atom. The van der Waals surface area contributed by atoms with Gasteiger partial charge in [0.15, 0.2) is 0 Å². The second kappa shape index (κ2) is 5.63. The van der Waals surface area contributed by atoms with Crippen LogP contribution in [0.25, 0.3) is 0 Å². The number of rotatable bonds is 3. The van der Waals surface area contributed by atoms with Crippen LogP contribution in [0.2, 0.25) is 5.02 Å². The normalized spacial score (nSPS) is 12.5. The first-order valence-corrected chi connectivity index (χ1v) is 5.92. The Hall–Kier alpha value is -1.52. The standard InChI is InChI=1S/C14H10ClF3O/c15-11-5-4-8(16)6-9(11)14(19)7-10-12(17)2-1-3-13(10)18/h1-6,14,19H,7H2. The summed E-state index contributed by atoms with van der Waals surface area (Å²) < 4.78 is 40.0. The van der Waals surface area contributed by atoms with Crippen LogP contribution in [0.15, 0.2) is 36.4 Å². The minimum Gasteiger partial charge on any atom is -0.388 e. The van der Waals surface area contributed by atoms with Gasteiger partial charge >= 0.3 is 0 Å². The van der Waals surface area contributed by atoms with Crippen molar-refractivity contribution in [3.63, 3.8) is 0 Å². The third kappa shape index (κ3) is 3.08. The zero-order valence-corrected chi connectivity index (χ0v) is 10.5. The molecule has 0 aliphatic carbocycles. The van der Waals surface area contributed by atoms with Crippen molar-refractivity contribution in [1.82, 2.24) is 0 Å². The lowest BCUT2D eigenvalue weighted by Gasteiger charge is -2.14. The Kier molecular flexibility index (Phi) is 4.12. The topological polar surface area (TPSA) is 20.2 Å². The van der Waals surface area contributed by atoms with Gasteiger partial charge in [-0.05, 0) is 30.3 Å². The van der Waals surface area contributed by atoms with Crippen molar-refractivity contribution in [3.8, 4) is 0 Å². The van der Waals surface area contributed by atoms with E-state index >= 15 is 0 Å². The lowest BCUT2D eigenvalue weighted by atomic mass is 10.0. The van der Waals surface area contributed by atoms with E-state index in [1.165, 1.54) is 12.1 Å². The molecule has 1 nitrogen and oxygen atoms in total. The van der Waals surface area contributed by atoms with Crippen LogP contribution in [0.1, 0.15) is 17.2 Å². The van der Waals surface area contributed by atoms with Crippen molar-refractivity contribution in [3.05, 3.63) is 70.0 Å². The van der Waals surface area contributed by atoms with Gasteiger partial charge in [-0.25, -0.2) is 13.2 Å². The van der Waals surface area contributed by atoms with Gasteiger partial charge in [0.2, 0.25) is 0 Å². The highest BCUT2D eigenvalue weighted by atomic mass is 35.5. The Morgan fingerprint density at radius 1 is 1.05 bits per heavy atom. The maximum atomic E-state index is 13.4. The van der Waals surface area contributed by atoms with E-state index in [0.29, 0.717) is 0 Å². The number of hydrogen-bond donors (Lipinski definition) is 1. The first-order chi connectivity index (χ1) is 8.99. The molecule has 1 atom stereocenters. The molecule has 0 amide bonds. The maximum absolute atomic E-state index is 13.4. The summed E-state index contributed by atoms with van der Waals surface area (Å²) in [5, 5.41) is 10.1. The molecule has 0 spiro atoms. The SMILES string of the molecule is OC(Cc1c(F)cccc1F)c1cc(F)ccc1Cl. The first-order valence-electron chi connectivity index (χ1n) is 5.55. The van der Waals surface area contributed by atoms with E-state index in [4.69, 9.17) is 11.6 Å². The summed E-state index contributed by atoms with van der Waals surface area (Å²) in [7, 11) is 0. The highest BCUT2D eigenvalue weighted by Crippen LogP contribution is 2.28. The van der Waals surface area contributed by atoms with Gasteiger partial charge in [-0.1, -0.05) is 17.7 Å². The predicted molar refractivity (Wildman–Crippen MR) is 66.4 cm³/mol. The summed E-state index contributed by atoms with van der Waals surface area (Å²) in [6, 6.07) is 6.90. The number of aliphatic hydroxyl groups is 1. The molecule has 0 aromatic heterocycles. The van der Waals surface area contributed by atoms with Gasteiger partial charge in [-0.3, -0.25) is 0 Å². The van der Waals surface area contributed by atoms with Crippen molar-refractivity contribution in [2.45, 2.75) is 12.5 Å². The first kappa shape index (κ1) is 13.9. The molecule has 0 bridgehead atoms. The van der Waals surface area contributed by atoms with Gasteiger partial charge in [0.05, 0.1) is 6.10 Å². The van der Waals surface area contributed by atoms with Crippen LogP contribution < -0.4 is 0 Å². The minimum absolute atomic E-state index is 0.101. The fraction of sp³-hybridized carbons (Fsp3) is 0.143. The molecule has 2 aromatic rings. The molecule has 0 saturated carbocycles. The third-order valence-electron chi connectivity index (χ3n) is 2.78. The molecule has 5 heteroatoms. The molecule has 0 heterocycles. The highest BCUT2D eigenvalue weighted by Gasteiger charge is 2.18. The van der Waals surface area contributed by atoms with E-state index < -0.39 is 23.6 Å². The summed E-state index contributed by atoms with van der Waals surface area (Å²) in [4.78, 5) is 0. The Balaban J connectivity index is 2.31. The Morgan fingerprint density at radius 3 is 2.32 bits per heavy atom. The monoisotopic (exact) mass is 286 g/mol. The average molecular weight is 287 g/mol. The molecule has 100 valence electrons. The molecule has 0 saturated heterocycles. The summed E-state index contributed by atoms with van der Waals surface area (Å²) in [6.07, 6.45) is -1.60. The summed E-state index contributed by atoms with van der Waals surface area (Å²) in [5.74, 6) is -2.09. The highest BCUT2D eigenvalue weighted by molar-refractivity contribution is 6.31. The van der Waals surface area contributed by atoms with E-state index in [2.05, 4.69) is 0 Å². The van der Waals surface area contributed by atoms with E-state index in [1.54, 1.807) is 0 Å². The molecular formula is C14H10ClF3O. The molecule has 0 fully saturated rings. The predicted octanol–water partition coefficient (Wildman–Crippen LogP) is 4.03. The number of benzene rings is 2. The van der Waals surface area contributed by atoms with E-state index in [9.17, 15) is 18.3 Å². The second-order valence-electron chi connectivity index (χ2n) is 4.09.